The second kappa shape index (κ2) is 11.5. The van der Waals surface area contributed by atoms with E-state index in [9.17, 15) is 9.90 Å². The van der Waals surface area contributed by atoms with E-state index in [1.54, 1.807) is 0 Å². The van der Waals surface area contributed by atoms with Crippen LogP contribution in [-0.4, -0.2) is 49.1 Å². The molecule has 0 aliphatic carbocycles. The third kappa shape index (κ3) is 7.87. The molecule has 2 aromatic rings. The number of aliphatic hydroxyl groups excluding tert-OH is 1. The molecular weight excluding hydrogens is 354 g/mol. The average Bonchev–Trinajstić information content (AvgIpc) is 2.62. The maximum atomic E-state index is 11.7. The van der Waals surface area contributed by atoms with Gasteiger partial charge >= 0.3 is 6.16 Å². The molecule has 0 saturated carbocycles. The minimum atomic E-state index is -0.667. The fourth-order valence-corrected chi connectivity index (χ4v) is 2.64. The van der Waals surface area contributed by atoms with Gasteiger partial charge in [-0.15, -0.1) is 0 Å². The van der Waals surface area contributed by atoms with Crippen molar-refractivity contribution < 1.29 is 36.3 Å². The number of nitrogens with zero attached hydrogens (tertiary/aromatic N) is 1. The number of benzene rings is 2. The van der Waals surface area contributed by atoms with Crippen LogP contribution in [0, 0.1) is 0 Å². The van der Waals surface area contributed by atoms with Crippen molar-refractivity contribution >= 4 is 6.16 Å². The molecule has 0 saturated heterocycles. The van der Waals surface area contributed by atoms with Gasteiger partial charge < -0.3 is 31.5 Å². The summed E-state index contributed by atoms with van der Waals surface area (Å²) in [4.78, 5) is 11.7. The highest BCUT2D eigenvalue weighted by Gasteiger charge is 2.22. The number of carbonyl (C=O) groups excluding carboxylic acids is 1. The Hall–Kier alpha value is -2.08. The fourth-order valence-electron chi connectivity index (χ4n) is 2.64. The van der Waals surface area contributed by atoms with Crippen molar-refractivity contribution in [1.29, 1.82) is 0 Å². The van der Waals surface area contributed by atoms with Crippen molar-refractivity contribution in [3.8, 4) is 0 Å². The topological polar surface area (TPSA) is 55.8 Å². The quantitative estimate of drug-likeness (QED) is 0.491. The van der Waals surface area contributed by atoms with E-state index in [2.05, 4.69) is 12.1 Å². The molecule has 1 unspecified atom stereocenters. The van der Waals surface area contributed by atoms with E-state index in [4.69, 9.17) is 9.47 Å². The monoisotopic (exact) mass is 379 g/mol. The first-order valence-corrected chi connectivity index (χ1v) is 8.43. The summed E-state index contributed by atoms with van der Waals surface area (Å²) in [7, 11) is 2.04. The molecule has 0 bridgehead atoms. The second-order valence-electron chi connectivity index (χ2n) is 6.31. The number of carbonyl (C=O) groups is 1. The van der Waals surface area contributed by atoms with Crippen LogP contribution in [0.25, 0.3) is 0 Å². The van der Waals surface area contributed by atoms with E-state index >= 15 is 0 Å². The van der Waals surface area contributed by atoms with Crippen molar-refractivity contribution in [2.75, 3.05) is 33.4 Å². The van der Waals surface area contributed by atoms with Crippen LogP contribution in [-0.2, 0) is 22.6 Å². The molecule has 0 heterocycles. The predicted octanol–water partition coefficient (Wildman–Crippen LogP) is -0.0171. The molecule has 0 fully saturated rings. The Morgan fingerprint density at radius 2 is 1.50 bits per heavy atom. The highest BCUT2D eigenvalue weighted by molar-refractivity contribution is 5.59. The summed E-state index contributed by atoms with van der Waals surface area (Å²) < 4.78 is 10.9. The van der Waals surface area contributed by atoms with E-state index < -0.39 is 6.16 Å². The van der Waals surface area contributed by atoms with Gasteiger partial charge in [-0.3, -0.25) is 0 Å². The highest BCUT2D eigenvalue weighted by Crippen LogP contribution is 2.11. The zero-order chi connectivity index (χ0) is 18.0. The molecular formula is C20H26ClNO4. The largest absolute Gasteiger partial charge is 1.00 e. The number of likely N-dealkylation sites (N-methyl/N-ethyl adjacent to an activating group) is 1. The van der Waals surface area contributed by atoms with E-state index in [0.29, 0.717) is 17.6 Å². The molecule has 0 radical (unpaired) electrons. The maximum Gasteiger partial charge on any atom is 0.508 e. The summed E-state index contributed by atoms with van der Waals surface area (Å²) in [6.45, 7) is 2.50. The van der Waals surface area contributed by atoms with Gasteiger partial charge in [0.25, 0.3) is 0 Å². The third-order valence-electron chi connectivity index (χ3n) is 4.10. The summed E-state index contributed by atoms with van der Waals surface area (Å²) in [6, 6.07) is 19.6. The molecule has 0 amide bonds. The Morgan fingerprint density at radius 3 is 2.08 bits per heavy atom. The molecule has 0 aliphatic rings. The van der Waals surface area contributed by atoms with Gasteiger partial charge in [0.15, 0.2) is 0 Å². The summed E-state index contributed by atoms with van der Waals surface area (Å²) >= 11 is 0. The van der Waals surface area contributed by atoms with Gasteiger partial charge in [0.2, 0.25) is 0 Å². The molecule has 5 nitrogen and oxygen atoms in total. The summed E-state index contributed by atoms with van der Waals surface area (Å²) in [6.07, 6.45) is -0.667. The third-order valence-corrected chi connectivity index (χ3v) is 4.10. The Balaban J connectivity index is 0.00000338. The lowest BCUT2D eigenvalue weighted by atomic mass is 10.2. The second-order valence-corrected chi connectivity index (χ2v) is 6.31. The van der Waals surface area contributed by atoms with Gasteiger partial charge in [0, 0.05) is 5.56 Å². The Kier molecular flexibility index (Phi) is 9.73. The van der Waals surface area contributed by atoms with Crippen molar-refractivity contribution in [2.45, 2.75) is 13.2 Å². The number of ether oxygens (including phenoxy) is 2. The molecule has 1 atom stereocenters. The lowest BCUT2D eigenvalue weighted by molar-refractivity contribution is -0.923. The number of rotatable bonds is 9. The van der Waals surface area contributed by atoms with Gasteiger partial charge in [0.05, 0.1) is 13.7 Å². The first kappa shape index (κ1) is 22.0. The van der Waals surface area contributed by atoms with Crippen LogP contribution in [0.3, 0.4) is 0 Å². The van der Waals surface area contributed by atoms with E-state index in [1.165, 1.54) is 5.56 Å². The maximum absolute atomic E-state index is 11.7. The summed E-state index contributed by atoms with van der Waals surface area (Å²) in [5.74, 6) is 0. The fraction of sp³-hybridized carbons (Fsp3) is 0.350. The van der Waals surface area contributed by atoms with Gasteiger partial charge in [-0.25, -0.2) is 4.79 Å². The molecule has 2 aromatic carbocycles. The number of aliphatic hydroxyl groups is 1. The molecule has 1 N–H and O–H groups in total. The normalized spacial score (nSPS) is 12.5. The van der Waals surface area contributed by atoms with Crippen LogP contribution >= 0.6 is 0 Å². The van der Waals surface area contributed by atoms with Crippen molar-refractivity contribution in [1.82, 2.24) is 0 Å². The number of hydrogen-bond acceptors (Lipinski definition) is 4. The smallest absolute Gasteiger partial charge is 0.508 e. The van der Waals surface area contributed by atoms with Crippen molar-refractivity contribution in [2.24, 2.45) is 0 Å². The zero-order valence-electron chi connectivity index (χ0n) is 15.0. The summed E-state index contributed by atoms with van der Waals surface area (Å²) in [5.41, 5.74) is 2.11. The van der Waals surface area contributed by atoms with Crippen LogP contribution in [0.4, 0.5) is 4.79 Å². The van der Waals surface area contributed by atoms with Gasteiger partial charge in [-0.05, 0) is 5.56 Å². The number of halogens is 1. The van der Waals surface area contributed by atoms with E-state index in [1.807, 2.05) is 55.6 Å². The SMILES string of the molecule is C[N+](CCO)(CCOC(=O)OCc1ccccc1)Cc1ccccc1.[Cl-]. The molecule has 142 valence electrons. The molecule has 0 aliphatic heterocycles. The van der Waals surface area contributed by atoms with Crippen LogP contribution < -0.4 is 12.4 Å². The highest BCUT2D eigenvalue weighted by atomic mass is 35.5. The Morgan fingerprint density at radius 1 is 0.923 bits per heavy atom. The minimum Gasteiger partial charge on any atom is -1.00 e. The van der Waals surface area contributed by atoms with Gasteiger partial charge in [0.1, 0.15) is 32.8 Å². The predicted molar refractivity (Wildman–Crippen MR) is 95.7 cm³/mol. The Labute approximate surface area is 161 Å². The van der Waals surface area contributed by atoms with Crippen molar-refractivity contribution in [3.05, 3.63) is 71.8 Å². The van der Waals surface area contributed by atoms with Crippen molar-refractivity contribution in [3.63, 3.8) is 0 Å². The van der Waals surface area contributed by atoms with Crippen LogP contribution in [0.5, 0.6) is 0 Å². The van der Waals surface area contributed by atoms with Crippen LogP contribution in [0.15, 0.2) is 60.7 Å². The molecule has 26 heavy (non-hydrogen) atoms. The molecule has 6 heteroatoms. The van der Waals surface area contributed by atoms with Gasteiger partial charge in [-0.2, -0.15) is 0 Å². The molecule has 2 rings (SSSR count). The van der Waals surface area contributed by atoms with Crippen LogP contribution in [0.2, 0.25) is 0 Å². The van der Waals surface area contributed by atoms with Crippen LogP contribution in [0.1, 0.15) is 11.1 Å². The average molecular weight is 380 g/mol. The summed E-state index contributed by atoms with van der Waals surface area (Å²) in [5, 5.41) is 9.35. The first-order chi connectivity index (χ1) is 12.1. The minimum absolute atomic E-state index is 0. The zero-order valence-corrected chi connectivity index (χ0v) is 15.8. The number of quaternary nitrogens is 1. The lowest BCUT2D eigenvalue weighted by Crippen LogP contribution is -3.00. The standard InChI is InChI=1S/C20H26NO4.ClH/c1-21(12-14-22,16-18-8-4-2-5-9-18)13-15-24-20(23)25-17-19-10-6-3-7-11-19;/h2-11,22H,12-17H2,1H3;1H/q+1;/p-1. The van der Waals surface area contributed by atoms with E-state index in [-0.39, 0.29) is 32.2 Å². The number of hydrogen-bond donors (Lipinski definition) is 1. The van der Waals surface area contributed by atoms with E-state index in [0.717, 1.165) is 12.1 Å². The molecule has 0 aromatic heterocycles. The lowest BCUT2D eigenvalue weighted by Gasteiger charge is -2.33. The molecule has 0 spiro atoms. The Bertz CT molecular complexity index is 639. The van der Waals surface area contributed by atoms with Gasteiger partial charge in [-0.1, -0.05) is 60.7 Å². The first-order valence-electron chi connectivity index (χ1n) is 8.43.